The lowest BCUT2D eigenvalue weighted by Crippen LogP contribution is -2.45. The number of carbonyl (C=O) groups excluding carboxylic acids is 1. The monoisotopic (exact) mass is 372 g/mol. The molecule has 2 atom stereocenters. The van der Waals surface area contributed by atoms with E-state index in [1.54, 1.807) is 11.3 Å². The number of rotatable bonds is 5. The molecule has 0 aliphatic carbocycles. The standard InChI is InChI=1S/C19H24N4O2S/c24-19(20-12-15-5-2-10-25-15)14-4-1-9-23(13-14)18-8-7-16(21-22-18)17-6-3-11-26-17/h3,6-8,11,14-15H,1-2,4-5,9-10,12-13H2,(H,20,24). The van der Waals surface area contributed by atoms with Gasteiger partial charge in [-0.25, -0.2) is 0 Å². The van der Waals surface area contributed by atoms with Crippen molar-refractivity contribution in [2.45, 2.75) is 31.8 Å². The minimum Gasteiger partial charge on any atom is -0.376 e. The van der Waals surface area contributed by atoms with Crippen LogP contribution in [0, 0.1) is 5.92 Å². The predicted molar refractivity (Wildman–Crippen MR) is 102 cm³/mol. The van der Waals surface area contributed by atoms with Crippen LogP contribution in [0.2, 0.25) is 0 Å². The molecular formula is C19H24N4O2S. The Hall–Kier alpha value is -1.99. The van der Waals surface area contributed by atoms with Gasteiger partial charge in [0, 0.05) is 26.2 Å². The SMILES string of the molecule is O=C(NCC1CCCO1)C1CCCN(c2ccc(-c3cccs3)nn2)C1. The Balaban J connectivity index is 1.34. The van der Waals surface area contributed by atoms with Gasteiger partial charge in [-0.05, 0) is 49.3 Å². The molecule has 138 valence electrons. The number of hydrogen-bond donors (Lipinski definition) is 1. The van der Waals surface area contributed by atoms with Crippen LogP contribution in [0.3, 0.4) is 0 Å². The van der Waals surface area contributed by atoms with Gasteiger partial charge in [0.15, 0.2) is 5.82 Å². The quantitative estimate of drug-likeness (QED) is 0.874. The highest BCUT2D eigenvalue weighted by molar-refractivity contribution is 7.13. The van der Waals surface area contributed by atoms with Crippen molar-refractivity contribution in [3.8, 4) is 10.6 Å². The molecule has 0 aromatic carbocycles. The molecule has 7 heteroatoms. The van der Waals surface area contributed by atoms with E-state index in [-0.39, 0.29) is 17.9 Å². The number of nitrogens with zero attached hydrogens (tertiary/aromatic N) is 3. The summed E-state index contributed by atoms with van der Waals surface area (Å²) in [5.74, 6) is 0.985. The number of piperidine rings is 1. The molecule has 2 aromatic rings. The van der Waals surface area contributed by atoms with Crippen molar-refractivity contribution in [2.75, 3.05) is 31.1 Å². The molecule has 1 amide bonds. The lowest BCUT2D eigenvalue weighted by atomic mass is 9.97. The van der Waals surface area contributed by atoms with Gasteiger partial charge in [0.1, 0.15) is 5.69 Å². The maximum absolute atomic E-state index is 12.5. The first-order chi connectivity index (χ1) is 12.8. The number of amides is 1. The highest BCUT2D eigenvalue weighted by Crippen LogP contribution is 2.25. The third kappa shape index (κ3) is 4.04. The summed E-state index contributed by atoms with van der Waals surface area (Å²) in [6.45, 7) is 3.06. The molecular weight excluding hydrogens is 348 g/mol. The normalized spacial score (nSPS) is 23.2. The Bertz CT molecular complexity index is 714. The van der Waals surface area contributed by atoms with E-state index in [9.17, 15) is 4.79 Å². The van der Waals surface area contributed by atoms with Crippen LogP contribution in [0.25, 0.3) is 10.6 Å². The van der Waals surface area contributed by atoms with Gasteiger partial charge in [0.2, 0.25) is 5.91 Å². The molecule has 26 heavy (non-hydrogen) atoms. The van der Waals surface area contributed by atoms with Gasteiger partial charge in [-0.15, -0.1) is 21.5 Å². The van der Waals surface area contributed by atoms with Crippen LogP contribution in [-0.2, 0) is 9.53 Å². The zero-order valence-electron chi connectivity index (χ0n) is 14.8. The number of carbonyl (C=O) groups is 1. The fraction of sp³-hybridized carbons (Fsp3) is 0.526. The van der Waals surface area contributed by atoms with Crippen molar-refractivity contribution >= 4 is 23.1 Å². The van der Waals surface area contributed by atoms with Gasteiger partial charge in [-0.3, -0.25) is 4.79 Å². The molecule has 2 fully saturated rings. The van der Waals surface area contributed by atoms with Crippen molar-refractivity contribution in [3.63, 3.8) is 0 Å². The molecule has 0 saturated carbocycles. The van der Waals surface area contributed by atoms with Crippen LogP contribution >= 0.6 is 11.3 Å². The van der Waals surface area contributed by atoms with Crippen molar-refractivity contribution in [1.82, 2.24) is 15.5 Å². The van der Waals surface area contributed by atoms with E-state index >= 15 is 0 Å². The first-order valence-corrected chi connectivity index (χ1v) is 10.2. The van der Waals surface area contributed by atoms with Crippen LogP contribution in [0.4, 0.5) is 5.82 Å². The first-order valence-electron chi connectivity index (χ1n) is 9.31. The third-order valence-corrected chi connectivity index (χ3v) is 5.96. The van der Waals surface area contributed by atoms with E-state index in [1.807, 2.05) is 29.6 Å². The lowest BCUT2D eigenvalue weighted by molar-refractivity contribution is -0.125. The number of hydrogen-bond acceptors (Lipinski definition) is 6. The van der Waals surface area contributed by atoms with Gasteiger partial charge >= 0.3 is 0 Å². The second kappa shape index (κ2) is 8.14. The van der Waals surface area contributed by atoms with E-state index in [0.717, 1.165) is 55.2 Å². The largest absolute Gasteiger partial charge is 0.376 e. The molecule has 4 heterocycles. The molecule has 2 aromatic heterocycles. The molecule has 2 saturated heterocycles. The van der Waals surface area contributed by atoms with Crippen LogP contribution in [0.1, 0.15) is 25.7 Å². The summed E-state index contributed by atoms with van der Waals surface area (Å²) in [7, 11) is 0. The fourth-order valence-corrected chi connectivity index (χ4v) is 4.30. The van der Waals surface area contributed by atoms with Crippen molar-refractivity contribution in [3.05, 3.63) is 29.6 Å². The zero-order valence-corrected chi connectivity index (χ0v) is 15.6. The Morgan fingerprint density at radius 2 is 2.23 bits per heavy atom. The molecule has 1 N–H and O–H groups in total. The van der Waals surface area contributed by atoms with Gasteiger partial charge < -0.3 is 15.0 Å². The number of nitrogens with one attached hydrogen (secondary N) is 1. The Morgan fingerprint density at radius 1 is 1.27 bits per heavy atom. The smallest absolute Gasteiger partial charge is 0.224 e. The summed E-state index contributed by atoms with van der Waals surface area (Å²) < 4.78 is 5.58. The molecule has 0 spiro atoms. The summed E-state index contributed by atoms with van der Waals surface area (Å²) in [5.41, 5.74) is 0.895. The highest BCUT2D eigenvalue weighted by atomic mass is 32.1. The average molecular weight is 372 g/mol. The predicted octanol–water partition coefficient (Wildman–Crippen LogP) is 2.72. The lowest BCUT2D eigenvalue weighted by Gasteiger charge is -2.32. The fourth-order valence-electron chi connectivity index (χ4n) is 3.61. The van der Waals surface area contributed by atoms with E-state index < -0.39 is 0 Å². The Kier molecular flexibility index (Phi) is 5.45. The van der Waals surface area contributed by atoms with Gasteiger partial charge in [-0.1, -0.05) is 6.07 Å². The van der Waals surface area contributed by atoms with E-state index in [0.29, 0.717) is 13.1 Å². The van der Waals surface area contributed by atoms with E-state index in [1.165, 1.54) is 0 Å². The van der Waals surface area contributed by atoms with E-state index in [2.05, 4.69) is 20.4 Å². The summed E-state index contributed by atoms with van der Waals surface area (Å²) >= 11 is 1.66. The Morgan fingerprint density at radius 3 is 2.96 bits per heavy atom. The second-order valence-electron chi connectivity index (χ2n) is 6.92. The number of ether oxygens (including phenoxy) is 1. The number of anilines is 1. The molecule has 6 nitrogen and oxygen atoms in total. The van der Waals surface area contributed by atoms with Crippen molar-refractivity contribution < 1.29 is 9.53 Å². The van der Waals surface area contributed by atoms with Crippen LogP contribution in [0.5, 0.6) is 0 Å². The maximum Gasteiger partial charge on any atom is 0.224 e. The van der Waals surface area contributed by atoms with Gasteiger partial charge in [-0.2, -0.15) is 0 Å². The Labute approximate surface area is 157 Å². The molecule has 0 bridgehead atoms. The summed E-state index contributed by atoms with van der Waals surface area (Å²) in [5, 5.41) is 13.9. The summed E-state index contributed by atoms with van der Waals surface area (Å²) in [4.78, 5) is 15.8. The molecule has 2 aliphatic rings. The molecule has 4 rings (SSSR count). The van der Waals surface area contributed by atoms with Crippen LogP contribution in [-0.4, -0.2) is 48.4 Å². The molecule has 2 aliphatic heterocycles. The molecule has 0 radical (unpaired) electrons. The second-order valence-corrected chi connectivity index (χ2v) is 7.87. The first kappa shape index (κ1) is 17.4. The highest BCUT2D eigenvalue weighted by Gasteiger charge is 2.27. The zero-order chi connectivity index (χ0) is 17.8. The average Bonchev–Trinajstić information content (AvgIpc) is 3.40. The third-order valence-electron chi connectivity index (χ3n) is 5.07. The maximum atomic E-state index is 12.5. The minimum absolute atomic E-state index is 0.00363. The minimum atomic E-state index is 0.00363. The van der Waals surface area contributed by atoms with Crippen LogP contribution < -0.4 is 10.2 Å². The van der Waals surface area contributed by atoms with Gasteiger partial charge in [0.05, 0.1) is 16.9 Å². The van der Waals surface area contributed by atoms with Gasteiger partial charge in [0.25, 0.3) is 0 Å². The summed E-state index contributed by atoms with van der Waals surface area (Å²) in [6.07, 6.45) is 4.25. The van der Waals surface area contributed by atoms with Crippen LogP contribution in [0.15, 0.2) is 29.6 Å². The number of aromatic nitrogens is 2. The van der Waals surface area contributed by atoms with E-state index in [4.69, 9.17) is 4.74 Å². The van der Waals surface area contributed by atoms with Crippen molar-refractivity contribution in [2.24, 2.45) is 5.92 Å². The topological polar surface area (TPSA) is 67.3 Å². The summed E-state index contributed by atoms with van der Waals surface area (Å²) in [6, 6.07) is 8.08. The van der Waals surface area contributed by atoms with Crippen molar-refractivity contribution in [1.29, 1.82) is 0 Å². The number of thiophene rings is 1. The molecule has 2 unspecified atom stereocenters.